The molecule has 8 heteroatoms. The quantitative estimate of drug-likeness (QED) is 0.794. The normalized spacial score (nSPS) is 18.2. The van der Waals surface area contributed by atoms with Gasteiger partial charge in [0.25, 0.3) is 5.91 Å². The number of aromatic nitrogens is 1. The third-order valence-corrected chi connectivity index (χ3v) is 5.71. The van der Waals surface area contributed by atoms with Gasteiger partial charge in [0.1, 0.15) is 5.69 Å². The predicted octanol–water partition coefficient (Wildman–Crippen LogP) is 1.47. The first-order valence-corrected chi connectivity index (χ1v) is 9.51. The number of carbonyl (C=O) groups excluding carboxylic acids is 2. The molecule has 7 nitrogen and oxygen atoms in total. The predicted molar refractivity (Wildman–Crippen MR) is 98.1 cm³/mol. The maximum absolute atomic E-state index is 12.6. The average molecular weight is 372 g/mol. The molecule has 136 valence electrons. The van der Waals surface area contributed by atoms with E-state index in [4.69, 9.17) is 4.74 Å². The second kappa shape index (κ2) is 7.05. The highest BCUT2D eigenvalue weighted by atomic mass is 32.1. The van der Waals surface area contributed by atoms with E-state index in [9.17, 15) is 9.59 Å². The zero-order valence-corrected chi connectivity index (χ0v) is 15.1. The van der Waals surface area contributed by atoms with Crippen LogP contribution in [-0.4, -0.2) is 43.1 Å². The van der Waals surface area contributed by atoms with Crippen LogP contribution in [0, 0.1) is 0 Å². The standard InChI is InChI=1S/C18H20N4O3S/c23-15(14-12-26-17(19-14)22-8-10-25-11-9-22)20-21-16(24)18(6-7-18)13-4-2-1-3-5-13/h1-5,12H,6-11H2,(H,20,23)(H,21,24). The van der Waals surface area contributed by atoms with E-state index in [0.29, 0.717) is 18.9 Å². The fraction of sp³-hybridized carbons (Fsp3) is 0.389. The lowest BCUT2D eigenvalue weighted by atomic mass is 9.95. The van der Waals surface area contributed by atoms with Crippen molar-refractivity contribution >= 4 is 28.3 Å². The van der Waals surface area contributed by atoms with E-state index >= 15 is 0 Å². The number of amides is 2. The molecule has 0 unspecified atom stereocenters. The van der Waals surface area contributed by atoms with Gasteiger partial charge in [-0.05, 0) is 18.4 Å². The van der Waals surface area contributed by atoms with Crippen molar-refractivity contribution in [2.45, 2.75) is 18.3 Å². The number of hydrogen-bond donors (Lipinski definition) is 2. The second-order valence-electron chi connectivity index (χ2n) is 6.47. The first-order chi connectivity index (χ1) is 12.7. The maximum Gasteiger partial charge on any atom is 0.289 e. The molecule has 2 aromatic rings. The summed E-state index contributed by atoms with van der Waals surface area (Å²) >= 11 is 1.42. The summed E-state index contributed by atoms with van der Waals surface area (Å²) in [5, 5.41) is 2.50. The Bertz CT molecular complexity index is 798. The number of carbonyl (C=O) groups is 2. The van der Waals surface area contributed by atoms with Gasteiger partial charge in [-0.15, -0.1) is 11.3 Å². The van der Waals surface area contributed by atoms with Crippen molar-refractivity contribution < 1.29 is 14.3 Å². The monoisotopic (exact) mass is 372 g/mol. The van der Waals surface area contributed by atoms with Gasteiger partial charge in [-0.2, -0.15) is 0 Å². The summed E-state index contributed by atoms with van der Waals surface area (Å²) in [7, 11) is 0. The fourth-order valence-corrected chi connectivity index (χ4v) is 3.95. The molecule has 1 saturated carbocycles. The lowest BCUT2D eigenvalue weighted by molar-refractivity contribution is -0.124. The van der Waals surface area contributed by atoms with Crippen LogP contribution in [0.4, 0.5) is 5.13 Å². The number of rotatable bonds is 4. The number of thiazole rings is 1. The smallest absolute Gasteiger partial charge is 0.289 e. The van der Waals surface area contributed by atoms with E-state index in [0.717, 1.165) is 36.6 Å². The maximum atomic E-state index is 12.6. The minimum atomic E-state index is -0.518. The summed E-state index contributed by atoms with van der Waals surface area (Å²) in [5.41, 5.74) is 5.83. The molecule has 2 amide bonds. The van der Waals surface area contributed by atoms with Crippen LogP contribution >= 0.6 is 11.3 Å². The molecule has 26 heavy (non-hydrogen) atoms. The van der Waals surface area contributed by atoms with Gasteiger partial charge in [0.15, 0.2) is 5.13 Å². The lowest BCUT2D eigenvalue weighted by Crippen LogP contribution is -2.46. The molecule has 2 fully saturated rings. The minimum Gasteiger partial charge on any atom is -0.378 e. The molecule has 4 rings (SSSR count). The Hall–Kier alpha value is -2.45. The summed E-state index contributed by atoms with van der Waals surface area (Å²) < 4.78 is 5.32. The highest BCUT2D eigenvalue weighted by Crippen LogP contribution is 2.48. The number of hydrazine groups is 1. The van der Waals surface area contributed by atoms with Crippen LogP contribution in [0.25, 0.3) is 0 Å². The zero-order chi connectivity index (χ0) is 18.0. The molecule has 1 aliphatic heterocycles. The van der Waals surface area contributed by atoms with Crippen LogP contribution < -0.4 is 15.8 Å². The molecule has 0 radical (unpaired) electrons. The van der Waals surface area contributed by atoms with Crippen LogP contribution in [0.5, 0.6) is 0 Å². The van der Waals surface area contributed by atoms with Crippen LogP contribution in [0.3, 0.4) is 0 Å². The van der Waals surface area contributed by atoms with Crippen LogP contribution in [0.15, 0.2) is 35.7 Å². The Labute approximate surface area is 155 Å². The van der Waals surface area contributed by atoms with E-state index < -0.39 is 11.3 Å². The summed E-state index contributed by atoms with van der Waals surface area (Å²) in [6.07, 6.45) is 1.58. The summed E-state index contributed by atoms with van der Waals surface area (Å²) in [4.78, 5) is 31.3. The third kappa shape index (κ3) is 3.30. The van der Waals surface area contributed by atoms with Crippen molar-refractivity contribution in [2.75, 3.05) is 31.2 Å². The number of ether oxygens (including phenoxy) is 1. The molecule has 1 aromatic carbocycles. The fourth-order valence-electron chi connectivity index (χ4n) is 3.09. The number of benzene rings is 1. The third-order valence-electron chi connectivity index (χ3n) is 4.81. The number of hydrogen-bond acceptors (Lipinski definition) is 6. The van der Waals surface area contributed by atoms with E-state index in [2.05, 4.69) is 20.7 Å². The van der Waals surface area contributed by atoms with Gasteiger partial charge in [-0.3, -0.25) is 20.4 Å². The van der Waals surface area contributed by atoms with Crippen molar-refractivity contribution in [1.82, 2.24) is 15.8 Å². The molecule has 0 atom stereocenters. The van der Waals surface area contributed by atoms with Crippen molar-refractivity contribution in [1.29, 1.82) is 0 Å². The SMILES string of the molecule is O=C(NNC(=O)C1(c2ccccc2)CC1)c1csc(N2CCOCC2)n1. The van der Waals surface area contributed by atoms with Crippen molar-refractivity contribution in [3.05, 3.63) is 47.0 Å². The number of morpholine rings is 1. The van der Waals surface area contributed by atoms with Gasteiger partial charge in [-0.25, -0.2) is 4.98 Å². The van der Waals surface area contributed by atoms with Crippen LogP contribution in [-0.2, 0) is 14.9 Å². The van der Waals surface area contributed by atoms with Gasteiger partial charge in [-0.1, -0.05) is 30.3 Å². The highest BCUT2D eigenvalue weighted by molar-refractivity contribution is 7.13. The number of nitrogens with one attached hydrogen (secondary N) is 2. The van der Waals surface area contributed by atoms with Crippen molar-refractivity contribution in [3.63, 3.8) is 0 Å². The highest BCUT2D eigenvalue weighted by Gasteiger charge is 2.51. The number of nitrogens with zero attached hydrogens (tertiary/aromatic N) is 2. The Morgan fingerprint density at radius 3 is 2.54 bits per heavy atom. The summed E-state index contributed by atoms with van der Waals surface area (Å²) in [6.45, 7) is 2.87. The van der Waals surface area contributed by atoms with Gasteiger partial charge in [0.2, 0.25) is 5.91 Å². The molecular formula is C18H20N4O3S. The van der Waals surface area contributed by atoms with Gasteiger partial charge < -0.3 is 9.64 Å². The zero-order valence-electron chi connectivity index (χ0n) is 14.2. The van der Waals surface area contributed by atoms with E-state index in [1.165, 1.54) is 11.3 Å². The first kappa shape index (κ1) is 17.0. The largest absolute Gasteiger partial charge is 0.378 e. The lowest BCUT2D eigenvalue weighted by Gasteiger charge is -2.25. The molecule has 1 aliphatic carbocycles. The second-order valence-corrected chi connectivity index (χ2v) is 7.31. The van der Waals surface area contributed by atoms with Gasteiger partial charge >= 0.3 is 0 Å². The Morgan fingerprint density at radius 2 is 1.85 bits per heavy atom. The van der Waals surface area contributed by atoms with Crippen LogP contribution in [0.1, 0.15) is 28.9 Å². The van der Waals surface area contributed by atoms with Gasteiger partial charge in [0, 0.05) is 18.5 Å². The topological polar surface area (TPSA) is 83.6 Å². The molecule has 0 spiro atoms. The summed E-state index contributed by atoms with van der Waals surface area (Å²) in [5.74, 6) is -0.585. The Morgan fingerprint density at radius 1 is 1.12 bits per heavy atom. The van der Waals surface area contributed by atoms with Gasteiger partial charge in [0.05, 0.1) is 18.6 Å². The molecule has 2 aliphatic rings. The Balaban J connectivity index is 1.35. The molecular weight excluding hydrogens is 352 g/mol. The van der Waals surface area contributed by atoms with E-state index in [1.807, 2.05) is 30.3 Å². The van der Waals surface area contributed by atoms with Crippen molar-refractivity contribution in [2.24, 2.45) is 0 Å². The Kier molecular flexibility index (Phi) is 4.60. The number of anilines is 1. The van der Waals surface area contributed by atoms with Crippen molar-refractivity contribution in [3.8, 4) is 0 Å². The van der Waals surface area contributed by atoms with E-state index in [1.54, 1.807) is 5.38 Å². The molecule has 2 heterocycles. The molecule has 1 saturated heterocycles. The summed E-state index contributed by atoms with van der Waals surface area (Å²) in [6, 6.07) is 9.66. The minimum absolute atomic E-state index is 0.180. The van der Waals surface area contributed by atoms with E-state index in [-0.39, 0.29) is 5.91 Å². The first-order valence-electron chi connectivity index (χ1n) is 8.64. The average Bonchev–Trinajstić information content (AvgIpc) is 3.37. The van der Waals surface area contributed by atoms with Crippen LogP contribution in [0.2, 0.25) is 0 Å². The molecule has 1 aromatic heterocycles. The molecule has 0 bridgehead atoms. The molecule has 2 N–H and O–H groups in total.